The molecule has 0 saturated heterocycles. The minimum atomic E-state index is 0.856. The Kier molecular flexibility index (Phi) is 2.01. The van der Waals surface area contributed by atoms with E-state index in [1.165, 1.54) is 20.2 Å². The van der Waals surface area contributed by atoms with Crippen molar-refractivity contribution in [3.05, 3.63) is 42.5 Å². The highest BCUT2D eigenvalue weighted by Crippen LogP contribution is 2.32. The summed E-state index contributed by atoms with van der Waals surface area (Å²) >= 11 is 1.76. The zero-order chi connectivity index (χ0) is 10.3. The molecule has 0 atom stereocenters. The van der Waals surface area contributed by atoms with Gasteiger partial charge in [0.05, 0.1) is 0 Å². The first-order valence-corrected chi connectivity index (χ1v) is 5.59. The lowest BCUT2D eigenvalue weighted by Crippen LogP contribution is -2.11. The maximum absolute atomic E-state index is 8.95. The average Bonchev–Trinajstić information content (AvgIpc) is 2.66. The van der Waals surface area contributed by atoms with E-state index in [0.29, 0.717) is 0 Å². The molecule has 0 saturated carbocycles. The highest BCUT2D eigenvalue weighted by Gasteiger charge is 2.04. The Balaban J connectivity index is 2.43. The third kappa shape index (κ3) is 1.36. The van der Waals surface area contributed by atoms with Crippen LogP contribution in [-0.4, -0.2) is 12.5 Å². The van der Waals surface area contributed by atoms with E-state index in [1.54, 1.807) is 11.3 Å². The van der Waals surface area contributed by atoms with Crippen molar-refractivity contribution in [1.29, 1.82) is 0 Å². The van der Waals surface area contributed by atoms with Gasteiger partial charge in [-0.25, -0.2) is 0 Å². The van der Waals surface area contributed by atoms with E-state index in [4.69, 9.17) is 5.02 Å². The van der Waals surface area contributed by atoms with Gasteiger partial charge in [0, 0.05) is 20.2 Å². The molecule has 0 bridgehead atoms. The summed E-state index contributed by atoms with van der Waals surface area (Å²) in [4.78, 5) is 0. The zero-order valence-electron chi connectivity index (χ0n) is 7.97. The first-order valence-electron chi connectivity index (χ1n) is 4.77. The maximum atomic E-state index is 8.95. The SMILES string of the molecule is O[B]c1ccc2c(c1)sc1ccccc12. The lowest BCUT2D eigenvalue weighted by atomic mass is 9.88. The third-order valence-corrected chi connectivity index (χ3v) is 3.69. The summed E-state index contributed by atoms with van der Waals surface area (Å²) in [6, 6.07) is 14.4. The van der Waals surface area contributed by atoms with Crippen LogP contribution in [0.2, 0.25) is 0 Å². The first-order chi connectivity index (χ1) is 7.38. The average molecular weight is 211 g/mol. The molecule has 0 unspecified atom stereocenters. The Labute approximate surface area is 92.3 Å². The second-order valence-corrected chi connectivity index (χ2v) is 4.57. The van der Waals surface area contributed by atoms with Gasteiger partial charge in [0.25, 0.3) is 0 Å². The smallest absolute Gasteiger partial charge is 0.326 e. The fraction of sp³-hybridized carbons (Fsp3) is 0. The van der Waals surface area contributed by atoms with Crippen molar-refractivity contribution in [2.75, 3.05) is 0 Å². The number of hydrogen-bond acceptors (Lipinski definition) is 2. The van der Waals surface area contributed by atoms with Gasteiger partial charge in [-0.05, 0) is 12.1 Å². The molecule has 0 aliphatic rings. The van der Waals surface area contributed by atoms with E-state index in [1.807, 2.05) is 12.1 Å². The monoisotopic (exact) mass is 211 g/mol. The van der Waals surface area contributed by atoms with Gasteiger partial charge in [0.15, 0.2) is 0 Å². The predicted octanol–water partition coefficient (Wildman–Crippen LogP) is 2.29. The molecule has 1 radical (unpaired) electrons. The zero-order valence-corrected chi connectivity index (χ0v) is 8.79. The molecule has 3 rings (SSSR count). The fourth-order valence-electron chi connectivity index (χ4n) is 1.82. The van der Waals surface area contributed by atoms with E-state index in [2.05, 4.69) is 30.3 Å². The Morgan fingerprint density at radius 1 is 0.933 bits per heavy atom. The molecule has 15 heavy (non-hydrogen) atoms. The van der Waals surface area contributed by atoms with Crippen LogP contribution in [0.3, 0.4) is 0 Å². The lowest BCUT2D eigenvalue weighted by molar-refractivity contribution is 0.615. The third-order valence-electron chi connectivity index (χ3n) is 2.55. The fourth-order valence-corrected chi connectivity index (χ4v) is 2.98. The van der Waals surface area contributed by atoms with Crippen LogP contribution in [0.5, 0.6) is 0 Å². The van der Waals surface area contributed by atoms with Crippen molar-refractivity contribution in [2.24, 2.45) is 0 Å². The molecule has 1 N–H and O–H groups in total. The second kappa shape index (κ2) is 3.37. The normalized spacial score (nSPS) is 11.0. The molecule has 3 aromatic rings. The van der Waals surface area contributed by atoms with Crippen LogP contribution in [0.15, 0.2) is 42.5 Å². The van der Waals surface area contributed by atoms with Crippen LogP contribution in [0.4, 0.5) is 0 Å². The molecule has 0 spiro atoms. The van der Waals surface area contributed by atoms with Gasteiger partial charge in [-0.3, -0.25) is 0 Å². The molecule has 1 nitrogen and oxygen atoms in total. The number of thiophene rings is 1. The molecule has 0 fully saturated rings. The number of rotatable bonds is 1. The minimum absolute atomic E-state index is 0.856. The quantitative estimate of drug-likeness (QED) is 0.612. The molecule has 1 heterocycles. The topological polar surface area (TPSA) is 20.2 Å². The van der Waals surface area contributed by atoms with E-state index >= 15 is 0 Å². The van der Waals surface area contributed by atoms with Crippen molar-refractivity contribution < 1.29 is 5.02 Å². The lowest BCUT2D eigenvalue weighted by Gasteiger charge is -1.94. The van der Waals surface area contributed by atoms with Crippen molar-refractivity contribution in [1.82, 2.24) is 0 Å². The molecule has 0 aliphatic carbocycles. The van der Waals surface area contributed by atoms with Gasteiger partial charge in [-0.1, -0.05) is 35.8 Å². The van der Waals surface area contributed by atoms with Gasteiger partial charge in [0.1, 0.15) is 0 Å². The van der Waals surface area contributed by atoms with Crippen LogP contribution in [-0.2, 0) is 0 Å². The summed E-state index contributed by atoms with van der Waals surface area (Å²) in [6.45, 7) is 0. The Hall–Kier alpha value is -1.32. The summed E-state index contributed by atoms with van der Waals surface area (Å²) in [7, 11) is 1.14. The van der Waals surface area contributed by atoms with Crippen molar-refractivity contribution in [2.45, 2.75) is 0 Å². The van der Waals surface area contributed by atoms with Crippen LogP contribution in [0.1, 0.15) is 0 Å². The minimum Gasteiger partial charge on any atom is -0.450 e. The molecule has 2 aromatic carbocycles. The van der Waals surface area contributed by atoms with Crippen LogP contribution < -0.4 is 5.46 Å². The maximum Gasteiger partial charge on any atom is 0.326 e. The van der Waals surface area contributed by atoms with Crippen molar-refractivity contribution in [3.63, 3.8) is 0 Å². The summed E-state index contributed by atoms with van der Waals surface area (Å²) in [5.74, 6) is 0. The second-order valence-electron chi connectivity index (χ2n) is 3.48. The van der Waals surface area contributed by atoms with Gasteiger partial charge >= 0.3 is 7.48 Å². The van der Waals surface area contributed by atoms with E-state index < -0.39 is 0 Å². The Morgan fingerprint density at radius 3 is 2.60 bits per heavy atom. The highest BCUT2D eigenvalue weighted by molar-refractivity contribution is 7.25. The summed E-state index contributed by atoms with van der Waals surface area (Å²) in [5.41, 5.74) is 0.856. The molecule has 3 heteroatoms. The predicted molar refractivity (Wildman–Crippen MR) is 66.9 cm³/mol. The number of benzene rings is 2. The Bertz CT molecular complexity index is 630. The van der Waals surface area contributed by atoms with E-state index in [0.717, 1.165) is 12.9 Å². The molecule has 0 aliphatic heterocycles. The van der Waals surface area contributed by atoms with E-state index in [-0.39, 0.29) is 0 Å². The summed E-state index contributed by atoms with van der Waals surface area (Å²) in [5, 5.41) is 11.5. The summed E-state index contributed by atoms with van der Waals surface area (Å²) in [6.07, 6.45) is 0. The van der Waals surface area contributed by atoms with Gasteiger partial charge < -0.3 is 5.02 Å². The largest absolute Gasteiger partial charge is 0.450 e. The first kappa shape index (κ1) is 8.95. The number of fused-ring (bicyclic) bond motifs is 3. The van der Waals surface area contributed by atoms with Crippen LogP contribution in [0.25, 0.3) is 20.2 Å². The number of hydrogen-bond donors (Lipinski definition) is 1. The standard InChI is InChI=1S/C12H8BOS/c14-13-8-5-6-10-9-3-1-2-4-11(9)15-12(10)7-8/h1-7,14H. The van der Waals surface area contributed by atoms with Gasteiger partial charge in [0.2, 0.25) is 0 Å². The van der Waals surface area contributed by atoms with Crippen LogP contribution >= 0.6 is 11.3 Å². The molecule has 1 aromatic heterocycles. The van der Waals surface area contributed by atoms with Crippen molar-refractivity contribution in [3.8, 4) is 0 Å². The van der Waals surface area contributed by atoms with Gasteiger partial charge in [-0.2, -0.15) is 0 Å². The highest BCUT2D eigenvalue weighted by atomic mass is 32.1. The molecular weight excluding hydrogens is 203 g/mol. The van der Waals surface area contributed by atoms with Crippen molar-refractivity contribution >= 4 is 44.5 Å². The van der Waals surface area contributed by atoms with Gasteiger partial charge in [-0.15, -0.1) is 11.3 Å². The Morgan fingerprint density at radius 2 is 1.73 bits per heavy atom. The molecule has 71 valence electrons. The van der Waals surface area contributed by atoms with Crippen LogP contribution in [0, 0.1) is 0 Å². The molecule has 0 amide bonds. The van der Waals surface area contributed by atoms with E-state index in [9.17, 15) is 0 Å². The summed E-state index contributed by atoms with van der Waals surface area (Å²) < 4.78 is 2.52. The molecular formula is C12H8BOS.